The minimum absolute atomic E-state index is 0.208. The number of aromatic nitrogens is 1. The Morgan fingerprint density at radius 2 is 2.00 bits per heavy atom. The van der Waals surface area contributed by atoms with Gasteiger partial charge in [0.2, 0.25) is 0 Å². The summed E-state index contributed by atoms with van der Waals surface area (Å²) in [4.78, 5) is 11.3. The molecule has 3 rings (SSSR count). The lowest BCUT2D eigenvalue weighted by molar-refractivity contribution is 0.0699. The lowest BCUT2D eigenvalue weighted by Gasteiger charge is -2.07. The molecule has 3 nitrogen and oxygen atoms in total. The fourth-order valence-electron chi connectivity index (χ4n) is 2.38. The van der Waals surface area contributed by atoms with Crippen molar-refractivity contribution < 1.29 is 14.3 Å². The van der Waals surface area contributed by atoms with Gasteiger partial charge in [-0.25, -0.2) is 9.18 Å². The molecule has 0 fully saturated rings. The first-order valence-corrected chi connectivity index (χ1v) is 6.69. The molecular formula is C16H11ClFNO2. The van der Waals surface area contributed by atoms with E-state index in [1.807, 2.05) is 12.1 Å². The molecule has 0 saturated heterocycles. The average Bonchev–Trinajstić information content (AvgIpc) is 2.81. The maximum absolute atomic E-state index is 13.9. The van der Waals surface area contributed by atoms with Crippen LogP contribution in [0.25, 0.3) is 10.9 Å². The number of para-hydroxylation sites is 1. The maximum atomic E-state index is 13.9. The SMILES string of the molecule is O=C(O)c1cn(Cc2ccc(Cl)cc2F)c2ccccc12. The molecule has 0 spiro atoms. The normalized spacial score (nSPS) is 11.0. The van der Waals surface area contributed by atoms with Crippen molar-refractivity contribution in [2.45, 2.75) is 6.54 Å². The summed E-state index contributed by atoms with van der Waals surface area (Å²) in [5, 5.41) is 10.2. The number of carboxylic acid groups (broad SMARTS) is 1. The Morgan fingerprint density at radius 3 is 2.71 bits per heavy atom. The van der Waals surface area contributed by atoms with Crippen LogP contribution in [0.3, 0.4) is 0 Å². The van der Waals surface area contributed by atoms with Gasteiger partial charge in [-0.2, -0.15) is 0 Å². The fourth-order valence-corrected chi connectivity index (χ4v) is 2.54. The summed E-state index contributed by atoms with van der Waals surface area (Å²) in [6, 6.07) is 11.6. The molecule has 5 heteroatoms. The summed E-state index contributed by atoms with van der Waals surface area (Å²) in [5.74, 6) is -1.40. The molecule has 2 aromatic carbocycles. The molecule has 106 valence electrons. The minimum Gasteiger partial charge on any atom is -0.478 e. The van der Waals surface area contributed by atoms with Crippen LogP contribution in [0.1, 0.15) is 15.9 Å². The smallest absolute Gasteiger partial charge is 0.337 e. The number of benzene rings is 2. The van der Waals surface area contributed by atoms with Crippen molar-refractivity contribution in [3.63, 3.8) is 0 Å². The van der Waals surface area contributed by atoms with E-state index in [0.29, 0.717) is 16.0 Å². The number of nitrogens with zero attached hydrogens (tertiary/aromatic N) is 1. The third-order valence-corrected chi connectivity index (χ3v) is 3.61. The Bertz CT molecular complexity index is 841. The molecule has 1 N–H and O–H groups in total. The molecule has 0 bridgehead atoms. The van der Waals surface area contributed by atoms with Gasteiger partial charge in [-0.15, -0.1) is 0 Å². The second kappa shape index (κ2) is 5.22. The molecule has 0 radical (unpaired) electrons. The van der Waals surface area contributed by atoms with E-state index in [2.05, 4.69) is 0 Å². The van der Waals surface area contributed by atoms with Gasteiger partial charge in [0.1, 0.15) is 5.82 Å². The number of halogens is 2. The third kappa shape index (κ3) is 2.50. The summed E-state index contributed by atoms with van der Waals surface area (Å²) >= 11 is 5.74. The molecule has 0 saturated carbocycles. The third-order valence-electron chi connectivity index (χ3n) is 3.37. The molecular weight excluding hydrogens is 293 g/mol. The van der Waals surface area contributed by atoms with Crippen LogP contribution in [0.2, 0.25) is 5.02 Å². The number of aromatic carboxylic acids is 1. The van der Waals surface area contributed by atoms with Gasteiger partial charge in [-0.3, -0.25) is 0 Å². The van der Waals surface area contributed by atoms with Crippen LogP contribution >= 0.6 is 11.6 Å². The molecule has 0 aliphatic carbocycles. The highest BCUT2D eigenvalue weighted by molar-refractivity contribution is 6.30. The van der Waals surface area contributed by atoms with Crippen LogP contribution in [0.4, 0.5) is 4.39 Å². The lowest BCUT2D eigenvalue weighted by Crippen LogP contribution is -2.01. The lowest BCUT2D eigenvalue weighted by atomic mass is 10.2. The first-order valence-electron chi connectivity index (χ1n) is 6.31. The van der Waals surface area contributed by atoms with Crippen LogP contribution in [-0.4, -0.2) is 15.6 Å². The van der Waals surface area contributed by atoms with E-state index in [4.69, 9.17) is 11.6 Å². The quantitative estimate of drug-likeness (QED) is 0.788. The van der Waals surface area contributed by atoms with Gasteiger partial charge in [-0.1, -0.05) is 35.9 Å². The Hall–Kier alpha value is -2.33. The number of hydrogen-bond acceptors (Lipinski definition) is 1. The van der Waals surface area contributed by atoms with Gasteiger partial charge >= 0.3 is 5.97 Å². The van der Waals surface area contributed by atoms with Crippen LogP contribution in [0.5, 0.6) is 0 Å². The van der Waals surface area contributed by atoms with Gasteiger partial charge in [0.25, 0.3) is 0 Å². The van der Waals surface area contributed by atoms with Crippen LogP contribution < -0.4 is 0 Å². The van der Waals surface area contributed by atoms with Gasteiger partial charge in [0, 0.05) is 27.7 Å². The minimum atomic E-state index is -0.999. The largest absolute Gasteiger partial charge is 0.478 e. The van der Waals surface area contributed by atoms with Crippen molar-refractivity contribution >= 4 is 28.5 Å². The van der Waals surface area contributed by atoms with Gasteiger partial charge in [0.05, 0.1) is 12.1 Å². The molecule has 0 unspecified atom stereocenters. The monoisotopic (exact) mass is 303 g/mol. The Morgan fingerprint density at radius 1 is 1.24 bits per heavy atom. The van der Waals surface area contributed by atoms with E-state index in [1.165, 1.54) is 12.3 Å². The molecule has 0 amide bonds. The Balaban J connectivity index is 2.10. The van der Waals surface area contributed by atoms with Crippen molar-refractivity contribution in [2.75, 3.05) is 0 Å². The first-order chi connectivity index (χ1) is 10.1. The number of carboxylic acids is 1. The standard InChI is InChI=1S/C16H11ClFNO2/c17-11-6-5-10(14(18)7-11)8-19-9-13(16(20)21)12-3-1-2-4-15(12)19/h1-7,9H,8H2,(H,20,21). The molecule has 1 aromatic heterocycles. The van der Waals surface area contributed by atoms with E-state index in [-0.39, 0.29) is 12.1 Å². The highest BCUT2D eigenvalue weighted by Crippen LogP contribution is 2.23. The zero-order chi connectivity index (χ0) is 15.0. The zero-order valence-corrected chi connectivity index (χ0v) is 11.6. The summed E-state index contributed by atoms with van der Waals surface area (Å²) in [5.41, 5.74) is 1.42. The highest BCUT2D eigenvalue weighted by atomic mass is 35.5. The van der Waals surface area contributed by atoms with Crippen molar-refractivity contribution in [2.24, 2.45) is 0 Å². The van der Waals surface area contributed by atoms with E-state index in [0.717, 1.165) is 5.52 Å². The maximum Gasteiger partial charge on any atom is 0.337 e. The average molecular weight is 304 g/mol. The van der Waals surface area contributed by atoms with Crippen LogP contribution in [-0.2, 0) is 6.54 Å². The Labute approximate surface area is 125 Å². The first kappa shape index (κ1) is 13.6. The van der Waals surface area contributed by atoms with Crippen molar-refractivity contribution in [1.29, 1.82) is 0 Å². The number of rotatable bonds is 3. The summed E-state index contributed by atoms with van der Waals surface area (Å²) in [6.07, 6.45) is 1.53. The highest BCUT2D eigenvalue weighted by Gasteiger charge is 2.14. The van der Waals surface area contributed by atoms with Crippen molar-refractivity contribution in [1.82, 2.24) is 4.57 Å². The fraction of sp³-hybridized carbons (Fsp3) is 0.0625. The van der Waals surface area contributed by atoms with E-state index in [9.17, 15) is 14.3 Å². The summed E-state index contributed by atoms with van der Waals surface area (Å²) in [6.45, 7) is 0.247. The molecule has 0 atom stereocenters. The molecule has 0 aliphatic rings. The molecule has 0 aliphatic heterocycles. The molecule has 3 aromatic rings. The number of carbonyl (C=O) groups is 1. The second-order valence-corrected chi connectivity index (χ2v) is 5.17. The van der Waals surface area contributed by atoms with E-state index < -0.39 is 11.8 Å². The van der Waals surface area contributed by atoms with Gasteiger partial charge in [0.15, 0.2) is 0 Å². The number of fused-ring (bicyclic) bond motifs is 1. The molecule has 1 heterocycles. The Kier molecular flexibility index (Phi) is 3.39. The zero-order valence-electron chi connectivity index (χ0n) is 10.9. The van der Waals surface area contributed by atoms with Crippen molar-refractivity contribution in [3.05, 3.63) is 70.6 Å². The summed E-state index contributed by atoms with van der Waals surface area (Å²) < 4.78 is 15.6. The number of hydrogen-bond donors (Lipinski definition) is 1. The van der Waals surface area contributed by atoms with Crippen molar-refractivity contribution in [3.8, 4) is 0 Å². The van der Waals surface area contributed by atoms with Crippen LogP contribution in [0, 0.1) is 5.82 Å². The second-order valence-electron chi connectivity index (χ2n) is 4.73. The van der Waals surface area contributed by atoms with Gasteiger partial charge < -0.3 is 9.67 Å². The van der Waals surface area contributed by atoms with Gasteiger partial charge in [-0.05, 0) is 18.2 Å². The molecule has 21 heavy (non-hydrogen) atoms. The topological polar surface area (TPSA) is 42.2 Å². The van der Waals surface area contributed by atoms with E-state index in [1.54, 1.807) is 28.8 Å². The van der Waals surface area contributed by atoms with Crippen LogP contribution in [0.15, 0.2) is 48.7 Å². The van der Waals surface area contributed by atoms with E-state index >= 15 is 0 Å². The summed E-state index contributed by atoms with van der Waals surface area (Å²) in [7, 11) is 0. The predicted molar refractivity (Wildman–Crippen MR) is 79.4 cm³/mol. The predicted octanol–water partition coefficient (Wildman–Crippen LogP) is 4.18.